The zero-order valence-electron chi connectivity index (χ0n) is 12.9. The number of nitrogens with two attached hydrogens (primary N) is 1. The normalized spacial score (nSPS) is 10.3. The molecular formula is C14H30N4O2. The van der Waals surface area contributed by atoms with Gasteiger partial charge in [-0.05, 0) is 45.3 Å². The molecule has 0 fully saturated rings. The molecule has 0 aromatic rings. The van der Waals surface area contributed by atoms with Gasteiger partial charge in [-0.2, -0.15) is 0 Å². The minimum Gasteiger partial charge on any atom is -0.356 e. The summed E-state index contributed by atoms with van der Waals surface area (Å²) in [6.45, 7) is 7.90. The van der Waals surface area contributed by atoms with E-state index in [0.717, 1.165) is 58.4 Å². The van der Waals surface area contributed by atoms with E-state index < -0.39 is 0 Å². The highest BCUT2D eigenvalue weighted by atomic mass is 16.2. The van der Waals surface area contributed by atoms with E-state index in [9.17, 15) is 9.59 Å². The first kappa shape index (κ1) is 18.9. The molecule has 0 saturated carbocycles. The summed E-state index contributed by atoms with van der Waals surface area (Å²) in [5, 5.41) is 6.09. The highest BCUT2D eigenvalue weighted by Crippen LogP contribution is 1.97. The number of hydrogen-bond acceptors (Lipinski definition) is 4. The van der Waals surface area contributed by atoms with Crippen molar-refractivity contribution in [1.29, 1.82) is 0 Å². The zero-order chi connectivity index (χ0) is 15.2. The van der Waals surface area contributed by atoms with Crippen molar-refractivity contribution in [3.05, 3.63) is 0 Å². The number of amides is 2. The Morgan fingerprint density at radius 1 is 0.950 bits per heavy atom. The van der Waals surface area contributed by atoms with Crippen molar-refractivity contribution >= 4 is 11.8 Å². The minimum absolute atomic E-state index is 0.0202. The topological polar surface area (TPSA) is 87.5 Å². The van der Waals surface area contributed by atoms with Gasteiger partial charge in [0.1, 0.15) is 0 Å². The Labute approximate surface area is 122 Å². The van der Waals surface area contributed by atoms with Crippen molar-refractivity contribution in [1.82, 2.24) is 15.5 Å². The molecule has 6 heteroatoms. The Bertz CT molecular complexity index is 272. The number of nitrogens with zero attached hydrogens (tertiary/aromatic N) is 1. The lowest BCUT2D eigenvalue weighted by atomic mass is 10.2. The molecule has 0 aromatic carbocycles. The summed E-state index contributed by atoms with van der Waals surface area (Å²) in [4.78, 5) is 23.9. The first-order valence-electron chi connectivity index (χ1n) is 7.48. The third-order valence-corrected chi connectivity index (χ3v) is 3.01. The summed E-state index contributed by atoms with van der Waals surface area (Å²) in [5.74, 6) is 0.147. The van der Waals surface area contributed by atoms with Crippen molar-refractivity contribution < 1.29 is 9.59 Å². The van der Waals surface area contributed by atoms with Crippen LogP contribution in [0.5, 0.6) is 0 Å². The third kappa shape index (κ3) is 11.9. The van der Waals surface area contributed by atoms with Gasteiger partial charge in [0.25, 0.3) is 0 Å². The molecule has 4 N–H and O–H groups in total. The number of hydrogen-bond donors (Lipinski definition) is 3. The summed E-state index contributed by atoms with van der Waals surface area (Å²) in [5.41, 5.74) is 5.46. The van der Waals surface area contributed by atoms with Crippen LogP contribution in [0.25, 0.3) is 0 Å². The molecule has 0 aliphatic carbocycles. The zero-order valence-corrected chi connectivity index (χ0v) is 12.9. The van der Waals surface area contributed by atoms with Gasteiger partial charge in [0, 0.05) is 33.5 Å². The predicted molar refractivity (Wildman–Crippen MR) is 81.3 cm³/mol. The standard InChI is InChI=1S/C14H30N4O2/c1-13(19)17-10-6-9-16-8-3-4-11-18(14(2)20)12-5-7-15/h16H,3-12,15H2,1-2H3,(H,17,19). The Kier molecular flexibility index (Phi) is 12.1. The summed E-state index contributed by atoms with van der Waals surface area (Å²) in [6.07, 6.45) is 3.85. The van der Waals surface area contributed by atoms with E-state index >= 15 is 0 Å². The molecule has 0 atom stereocenters. The molecule has 0 spiro atoms. The van der Waals surface area contributed by atoms with Crippen molar-refractivity contribution in [2.45, 2.75) is 39.5 Å². The lowest BCUT2D eigenvalue weighted by Gasteiger charge is -2.20. The maximum absolute atomic E-state index is 11.4. The number of unbranched alkanes of at least 4 members (excludes halogenated alkanes) is 1. The molecule has 0 rings (SSSR count). The molecular weight excluding hydrogens is 256 g/mol. The molecule has 0 saturated heterocycles. The molecule has 6 nitrogen and oxygen atoms in total. The van der Waals surface area contributed by atoms with E-state index in [1.54, 1.807) is 6.92 Å². The quantitative estimate of drug-likeness (QED) is 0.443. The largest absolute Gasteiger partial charge is 0.356 e. The van der Waals surface area contributed by atoms with Crippen LogP contribution in [0.1, 0.15) is 39.5 Å². The fraction of sp³-hybridized carbons (Fsp3) is 0.857. The van der Waals surface area contributed by atoms with Gasteiger partial charge in [0.05, 0.1) is 0 Å². The van der Waals surface area contributed by atoms with Gasteiger partial charge < -0.3 is 21.3 Å². The maximum atomic E-state index is 11.4. The van der Waals surface area contributed by atoms with Gasteiger partial charge in [-0.1, -0.05) is 0 Å². The van der Waals surface area contributed by atoms with Crippen molar-refractivity contribution in [2.24, 2.45) is 5.73 Å². The molecule has 0 unspecified atom stereocenters. The minimum atomic E-state index is 0.0202. The number of carbonyl (C=O) groups is 2. The van der Waals surface area contributed by atoms with Crippen LogP contribution in [0.15, 0.2) is 0 Å². The Morgan fingerprint density at radius 2 is 1.60 bits per heavy atom. The number of carbonyl (C=O) groups excluding carboxylic acids is 2. The Balaban J connectivity index is 3.40. The fourth-order valence-corrected chi connectivity index (χ4v) is 1.86. The van der Waals surface area contributed by atoms with Gasteiger partial charge in [0.15, 0.2) is 0 Å². The van der Waals surface area contributed by atoms with Gasteiger partial charge >= 0.3 is 0 Å². The highest BCUT2D eigenvalue weighted by Gasteiger charge is 2.06. The van der Waals surface area contributed by atoms with Crippen molar-refractivity contribution in [3.63, 3.8) is 0 Å². The molecule has 0 heterocycles. The Morgan fingerprint density at radius 3 is 2.20 bits per heavy atom. The first-order chi connectivity index (χ1) is 9.57. The molecule has 20 heavy (non-hydrogen) atoms. The van der Waals surface area contributed by atoms with Crippen LogP contribution in [0.2, 0.25) is 0 Å². The average molecular weight is 286 g/mol. The average Bonchev–Trinajstić information content (AvgIpc) is 2.39. The van der Waals surface area contributed by atoms with E-state index in [4.69, 9.17) is 5.73 Å². The van der Waals surface area contributed by atoms with Crippen LogP contribution in [0, 0.1) is 0 Å². The number of nitrogens with one attached hydrogen (secondary N) is 2. The molecule has 0 aliphatic rings. The third-order valence-electron chi connectivity index (χ3n) is 3.01. The summed E-state index contributed by atoms with van der Waals surface area (Å²) in [6, 6.07) is 0. The maximum Gasteiger partial charge on any atom is 0.219 e. The van der Waals surface area contributed by atoms with Gasteiger partial charge in [-0.3, -0.25) is 9.59 Å². The second kappa shape index (κ2) is 12.9. The second-order valence-corrected chi connectivity index (χ2v) is 4.94. The van der Waals surface area contributed by atoms with Gasteiger partial charge in [0.2, 0.25) is 11.8 Å². The lowest BCUT2D eigenvalue weighted by Crippen LogP contribution is -2.32. The van der Waals surface area contributed by atoms with Crippen LogP contribution in [0.4, 0.5) is 0 Å². The van der Waals surface area contributed by atoms with Crippen molar-refractivity contribution in [3.8, 4) is 0 Å². The number of rotatable bonds is 12. The molecule has 0 radical (unpaired) electrons. The summed E-state index contributed by atoms with van der Waals surface area (Å²) >= 11 is 0. The van der Waals surface area contributed by atoms with E-state index in [-0.39, 0.29) is 11.8 Å². The van der Waals surface area contributed by atoms with Crippen LogP contribution in [-0.2, 0) is 9.59 Å². The van der Waals surface area contributed by atoms with Gasteiger partial charge in [-0.15, -0.1) is 0 Å². The fourth-order valence-electron chi connectivity index (χ4n) is 1.86. The predicted octanol–water partition coefficient (Wildman–Crippen LogP) is 0.0797. The van der Waals surface area contributed by atoms with E-state index in [1.165, 1.54) is 6.92 Å². The van der Waals surface area contributed by atoms with E-state index in [2.05, 4.69) is 10.6 Å². The summed E-state index contributed by atoms with van der Waals surface area (Å²) in [7, 11) is 0. The van der Waals surface area contributed by atoms with Gasteiger partial charge in [-0.25, -0.2) is 0 Å². The van der Waals surface area contributed by atoms with E-state index in [1.807, 2.05) is 4.90 Å². The molecule has 0 aromatic heterocycles. The molecule has 118 valence electrons. The summed E-state index contributed by atoms with van der Waals surface area (Å²) < 4.78 is 0. The highest BCUT2D eigenvalue weighted by molar-refractivity contribution is 5.73. The van der Waals surface area contributed by atoms with Crippen LogP contribution < -0.4 is 16.4 Å². The smallest absolute Gasteiger partial charge is 0.219 e. The molecule has 0 bridgehead atoms. The van der Waals surface area contributed by atoms with Crippen LogP contribution >= 0.6 is 0 Å². The van der Waals surface area contributed by atoms with Crippen LogP contribution in [-0.4, -0.2) is 56.0 Å². The molecule has 2 amide bonds. The molecule has 0 aliphatic heterocycles. The lowest BCUT2D eigenvalue weighted by molar-refractivity contribution is -0.129. The SMILES string of the molecule is CC(=O)NCCCNCCCCN(CCCN)C(C)=O. The van der Waals surface area contributed by atoms with Crippen molar-refractivity contribution in [2.75, 3.05) is 39.3 Å². The van der Waals surface area contributed by atoms with Crippen LogP contribution in [0.3, 0.4) is 0 Å². The monoisotopic (exact) mass is 286 g/mol. The van der Waals surface area contributed by atoms with E-state index in [0.29, 0.717) is 6.54 Å². The Hall–Kier alpha value is -1.14. The first-order valence-corrected chi connectivity index (χ1v) is 7.48. The second-order valence-electron chi connectivity index (χ2n) is 4.94.